The summed E-state index contributed by atoms with van der Waals surface area (Å²) >= 11 is 0. The third kappa shape index (κ3) is 4.71. The molecule has 1 saturated heterocycles. The molecule has 0 radical (unpaired) electrons. The van der Waals surface area contributed by atoms with E-state index >= 15 is 0 Å². The van der Waals surface area contributed by atoms with Gasteiger partial charge in [-0.15, -0.1) is 0 Å². The number of hydrogen-bond acceptors (Lipinski definition) is 3. The molecule has 1 fully saturated rings. The Morgan fingerprint density at radius 3 is 2.48 bits per heavy atom. The number of nitrogens with zero attached hydrogens (tertiary/aromatic N) is 5. The molecule has 0 spiro atoms. The minimum Gasteiger partial charge on any atom is -0.339 e. The maximum atomic E-state index is 12.6. The average molecular weight is 315 g/mol. The summed E-state index contributed by atoms with van der Waals surface area (Å²) in [5, 5.41) is 3.52. The average Bonchev–Trinajstić information content (AvgIpc) is 2.55. The summed E-state index contributed by atoms with van der Waals surface area (Å²) in [5.74, 6) is 0.709. The van der Waals surface area contributed by atoms with Crippen molar-refractivity contribution in [2.75, 3.05) is 26.7 Å². The van der Waals surface area contributed by atoms with E-state index in [9.17, 15) is 4.79 Å². The molecule has 6 heteroatoms. The highest BCUT2D eigenvalue weighted by molar-refractivity contribution is 5.94. The fraction of sp³-hybridized carbons (Fsp3) is 0.588. The molecule has 0 atom stereocenters. The van der Waals surface area contributed by atoms with Gasteiger partial charge in [0.2, 0.25) is 0 Å². The predicted octanol–water partition coefficient (Wildman–Crippen LogP) is 3.82. The number of piperidine rings is 1. The first-order valence-corrected chi connectivity index (χ1v) is 8.16. The van der Waals surface area contributed by atoms with Gasteiger partial charge in [0.1, 0.15) is 0 Å². The van der Waals surface area contributed by atoms with E-state index in [0.29, 0.717) is 23.2 Å². The smallest absolute Gasteiger partial charge is 0.253 e. The predicted molar refractivity (Wildman–Crippen MR) is 91.6 cm³/mol. The summed E-state index contributed by atoms with van der Waals surface area (Å²) in [5.41, 5.74) is 9.57. The van der Waals surface area contributed by atoms with Crippen LogP contribution in [0.5, 0.6) is 0 Å². The van der Waals surface area contributed by atoms with Crippen molar-refractivity contribution in [1.29, 1.82) is 0 Å². The van der Waals surface area contributed by atoms with Gasteiger partial charge in [-0.05, 0) is 36.4 Å². The molecule has 23 heavy (non-hydrogen) atoms. The molecule has 0 unspecified atom stereocenters. The molecule has 1 heterocycles. The van der Waals surface area contributed by atoms with Crippen LogP contribution < -0.4 is 0 Å². The summed E-state index contributed by atoms with van der Waals surface area (Å²) in [7, 11) is 1.88. The Morgan fingerprint density at radius 2 is 1.96 bits per heavy atom. The lowest BCUT2D eigenvalue weighted by Crippen LogP contribution is -2.46. The van der Waals surface area contributed by atoms with Crippen LogP contribution in [0.4, 0.5) is 5.69 Å². The van der Waals surface area contributed by atoms with Crippen molar-refractivity contribution < 1.29 is 4.79 Å². The van der Waals surface area contributed by atoms with E-state index in [2.05, 4.69) is 28.8 Å². The highest BCUT2D eigenvalue weighted by Gasteiger charge is 2.26. The Labute approximate surface area is 137 Å². The third-order valence-corrected chi connectivity index (χ3v) is 4.32. The molecule has 0 saturated carbocycles. The van der Waals surface area contributed by atoms with Crippen molar-refractivity contribution >= 4 is 11.6 Å². The fourth-order valence-electron chi connectivity index (χ4n) is 3.10. The Hall–Kier alpha value is -2.04. The van der Waals surface area contributed by atoms with Gasteiger partial charge in [0.25, 0.3) is 5.91 Å². The molecule has 0 aliphatic carbocycles. The summed E-state index contributed by atoms with van der Waals surface area (Å²) in [6.07, 6.45) is 2.04. The standard InChI is InChI=1S/C17H25N5O/c1-13(2)12-22-10-8-16(9-11-22)21(3)17(23)14-4-6-15(7-5-14)19-20-18/h4-7,13,16H,8-12H2,1-3H3. The molecule has 1 aromatic rings. The van der Waals surface area contributed by atoms with Gasteiger partial charge in [0.15, 0.2) is 0 Å². The van der Waals surface area contributed by atoms with E-state index < -0.39 is 0 Å². The lowest BCUT2D eigenvalue weighted by Gasteiger charge is -2.37. The van der Waals surface area contributed by atoms with Crippen LogP contribution in [-0.4, -0.2) is 48.4 Å². The normalized spacial score (nSPS) is 16.2. The van der Waals surface area contributed by atoms with Crippen molar-refractivity contribution in [3.8, 4) is 0 Å². The molecule has 2 rings (SSSR count). The van der Waals surface area contributed by atoms with Crippen LogP contribution in [0.25, 0.3) is 10.4 Å². The highest BCUT2D eigenvalue weighted by Crippen LogP contribution is 2.20. The van der Waals surface area contributed by atoms with Crippen LogP contribution >= 0.6 is 0 Å². The topological polar surface area (TPSA) is 72.3 Å². The minimum absolute atomic E-state index is 0.0276. The molecule has 1 aromatic carbocycles. The van der Waals surface area contributed by atoms with E-state index in [4.69, 9.17) is 5.53 Å². The van der Waals surface area contributed by atoms with Crippen molar-refractivity contribution in [3.63, 3.8) is 0 Å². The molecule has 0 N–H and O–H groups in total. The Bertz CT molecular complexity index is 569. The van der Waals surface area contributed by atoms with Crippen molar-refractivity contribution in [2.45, 2.75) is 32.7 Å². The van der Waals surface area contributed by atoms with Crippen molar-refractivity contribution in [2.24, 2.45) is 11.0 Å². The number of hydrogen-bond donors (Lipinski definition) is 0. The van der Waals surface area contributed by atoms with E-state index in [1.807, 2.05) is 11.9 Å². The molecule has 1 amide bonds. The van der Waals surface area contributed by atoms with Gasteiger partial charge < -0.3 is 9.80 Å². The second-order valence-electron chi connectivity index (χ2n) is 6.58. The number of likely N-dealkylation sites (tertiary alicyclic amines) is 1. The quantitative estimate of drug-likeness (QED) is 0.470. The zero-order valence-electron chi connectivity index (χ0n) is 14.1. The molecule has 1 aliphatic rings. The van der Waals surface area contributed by atoms with Crippen molar-refractivity contribution in [3.05, 3.63) is 40.3 Å². The zero-order chi connectivity index (χ0) is 16.8. The SMILES string of the molecule is CC(C)CN1CCC(N(C)C(=O)c2ccc(N=[N+]=[N-])cc2)CC1. The van der Waals surface area contributed by atoms with Gasteiger partial charge in [-0.1, -0.05) is 31.1 Å². The van der Waals surface area contributed by atoms with E-state index in [-0.39, 0.29) is 5.91 Å². The molecular weight excluding hydrogens is 290 g/mol. The molecule has 0 aromatic heterocycles. The molecule has 0 bridgehead atoms. The summed E-state index contributed by atoms with van der Waals surface area (Å²) in [6, 6.07) is 7.08. The lowest BCUT2D eigenvalue weighted by molar-refractivity contribution is 0.0633. The van der Waals surface area contributed by atoms with Crippen LogP contribution in [0.1, 0.15) is 37.0 Å². The van der Waals surface area contributed by atoms with Crippen molar-refractivity contribution in [1.82, 2.24) is 9.80 Å². The van der Waals surface area contributed by atoms with Crippen LogP contribution in [0, 0.1) is 5.92 Å². The Kier molecular flexibility index (Phi) is 6.02. The number of rotatable bonds is 5. The monoisotopic (exact) mass is 315 g/mol. The van der Waals surface area contributed by atoms with Gasteiger partial charge in [0, 0.05) is 48.9 Å². The van der Waals surface area contributed by atoms with Gasteiger partial charge in [-0.2, -0.15) is 0 Å². The molecule has 6 nitrogen and oxygen atoms in total. The molecule has 1 aliphatic heterocycles. The second kappa shape index (κ2) is 7.99. The van der Waals surface area contributed by atoms with E-state index in [1.54, 1.807) is 24.3 Å². The summed E-state index contributed by atoms with van der Waals surface area (Å²) in [4.78, 5) is 19.7. The second-order valence-corrected chi connectivity index (χ2v) is 6.58. The van der Waals surface area contributed by atoms with Crippen LogP contribution in [0.2, 0.25) is 0 Å². The first-order valence-electron chi connectivity index (χ1n) is 8.16. The van der Waals surface area contributed by atoms with Crippen LogP contribution in [0.15, 0.2) is 29.4 Å². The van der Waals surface area contributed by atoms with Gasteiger partial charge in [-0.25, -0.2) is 0 Å². The van der Waals surface area contributed by atoms with E-state index in [0.717, 1.165) is 32.5 Å². The highest BCUT2D eigenvalue weighted by atomic mass is 16.2. The van der Waals surface area contributed by atoms with Gasteiger partial charge >= 0.3 is 0 Å². The zero-order valence-corrected chi connectivity index (χ0v) is 14.1. The largest absolute Gasteiger partial charge is 0.339 e. The number of amides is 1. The Morgan fingerprint density at radius 1 is 1.35 bits per heavy atom. The first kappa shape index (κ1) is 17.3. The number of carbonyl (C=O) groups is 1. The molecule has 124 valence electrons. The van der Waals surface area contributed by atoms with Gasteiger partial charge in [0.05, 0.1) is 0 Å². The lowest BCUT2D eigenvalue weighted by atomic mass is 10.0. The van der Waals surface area contributed by atoms with E-state index in [1.165, 1.54) is 0 Å². The number of azide groups is 1. The number of carbonyl (C=O) groups excluding carboxylic acids is 1. The van der Waals surface area contributed by atoms with Crippen LogP contribution in [0.3, 0.4) is 0 Å². The number of benzene rings is 1. The maximum absolute atomic E-state index is 12.6. The third-order valence-electron chi connectivity index (χ3n) is 4.32. The summed E-state index contributed by atoms with van der Waals surface area (Å²) < 4.78 is 0. The first-order chi connectivity index (χ1) is 11.0. The van der Waals surface area contributed by atoms with Crippen LogP contribution in [-0.2, 0) is 0 Å². The van der Waals surface area contributed by atoms with Gasteiger partial charge in [-0.3, -0.25) is 4.79 Å². The summed E-state index contributed by atoms with van der Waals surface area (Å²) in [6.45, 7) is 7.71. The minimum atomic E-state index is 0.0276. The molecular formula is C17H25N5O. The fourth-order valence-corrected chi connectivity index (χ4v) is 3.10. The maximum Gasteiger partial charge on any atom is 0.253 e. The Balaban J connectivity index is 1.93.